The van der Waals surface area contributed by atoms with Crippen LogP contribution in [0, 0.1) is 20.8 Å². The summed E-state index contributed by atoms with van der Waals surface area (Å²) in [5.74, 6) is -0.679. The summed E-state index contributed by atoms with van der Waals surface area (Å²) >= 11 is 0. The van der Waals surface area contributed by atoms with Crippen molar-refractivity contribution in [2.75, 3.05) is 6.54 Å². The lowest BCUT2D eigenvalue weighted by atomic mass is 9.97. The first-order valence-corrected chi connectivity index (χ1v) is 7.02. The van der Waals surface area contributed by atoms with Gasteiger partial charge in [-0.25, -0.2) is 0 Å². The molecule has 0 aliphatic carbocycles. The van der Waals surface area contributed by atoms with Crippen LogP contribution < -0.4 is 0 Å². The second-order valence-electron chi connectivity index (χ2n) is 5.68. The number of hydrogen-bond acceptors (Lipinski definition) is 2. The maximum atomic E-state index is 11.3. The molecule has 1 aromatic rings. The van der Waals surface area contributed by atoms with Crippen molar-refractivity contribution in [3.63, 3.8) is 0 Å². The highest BCUT2D eigenvalue weighted by atomic mass is 16.4. The average Bonchev–Trinajstić information content (AvgIpc) is 2.36. The van der Waals surface area contributed by atoms with Crippen molar-refractivity contribution >= 4 is 5.97 Å². The van der Waals surface area contributed by atoms with E-state index in [2.05, 4.69) is 37.8 Å². The minimum atomic E-state index is -0.679. The lowest BCUT2D eigenvalue weighted by molar-refractivity contribution is -0.144. The molecule has 1 atom stereocenters. The lowest BCUT2D eigenvalue weighted by Crippen LogP contribution is -2.44. The van der Waals surface area contributed by atoms with E-state index in [1.165, 1.54) is 22.3 Å². The van der Waals surface area contributed by atoms with E-state index in [0.717, 1.165) is 32.4 Å². The summed E-state index contributed by atoms with van der Waals surface area (Å²) in [4.78, 5) is 13.4. The van der Waals surface area contributed by atoms with Gasteiger partial charge in [0.25, 0.3) is 0 Å². The normalized spacial score (nSPS) is 20.5. The molecule has 0 aromatic heterocycles. The third-order valence-corrected chi connectivity index (χ3v) is 4.22. The van der Waals surface area contributed by atoms with Gasteiger partial charge >= 0.3 is 5.97 Å². The summed E-state index contributed by atoms with van der Waals surface area (Å²) < 4.78 is 0. The highest BCUT2D eigenvalue weighted by Gasteiger charge is 2.28. The summed E-state index contributed by atoms with van der Waals surface area (Å²) in [7, 11) is 0. The highest BCUT2D eigenvalue weighted by molar-refractivity contribution is 5.73. The van der Waals surface area contributed by atoms with Crippen LogP contribution in [0.1, 0.15) is 41.5 Å². The molecule has 1 unspecified atom stereocenters. The van der Waals surface area contributed by atoms with Gasteiger partial charge in [-0.1, -0.05) is 18.6 Å². The summed E-state index contributed by atoms with van der Waals surface area (Å²) in [5, 5.41) is 9.31. The van der Waals surface area contributed by atoms with Gasteiger partial charge in [0.1, 0.15) is 6.04 Å². The predicted octanol–water partition coefficient (Wildman–Crippen LogP) is 3.05. The van der Waals surface area contributed by atoms with Crippen LogP contribution in [-0.4, -0.2) is 28.6 Å². The molecule has 0 bridgehead atoms. The Labute approximate surface area is 115 Å². The van der Waals surface area contributed by atoms with Crippen LogP contribution in [0.2, 0.25) is 0 Å². The van der Waals surface area contributed by atoms with Crippen molar-refractivity contribution in [2.45, 2.75) is 52.6 Å². The molecule has 3 heteroatoms. The molecular weight excluding hydrogens is 238 g/mol. The van der Waals surface area contributed by atoms with Crippen LogP contribution in [0.5, 0.6) is 0 Å². The number of carboxylic acid groups (broad SMARTS) is 1. The number of rotatable bonds is 3. The standard InChI is InChI=1S/C16H23NO2/c1-11-8-13(3)14(9-12(11)2)10-17-7-5-4-6-15(17)16(18)19/h8-9,15H,4-7,10H2,1-3H3,(H,18,19). The summed E-state index contributed by atoms with van der Waals surface area (Å²) in [6, 6.07) is 4.09. The lowest BCUT2D eigenvalue weighted by Gasteiger charge is -2.33. The van der Waals surface area contributed by atoms with Crippen molar-refractivity contribution in [2.24, 2.45) is 0 Å². The molecule has 2 rings (SSSR count). The van der Waals surface area contributed by atoms with E-state index < -0.39 is 5.97 Å². The minimum absolute atomic E-state index is 0.310. The van der Waals surface area contributed by atoms with E-state index in [1.54, 1.807) is 0 Å². The molecular formula is C16H23NO2. The van der Waals surface area contributed by atoms with Crippen LogP contribution in [0.3, 0.4) is 0 Å². The zero-order valence-electron chi connectivity index (χ0n) is 12.1. The van der Waals surface area contributed by atoms with E-state index in [0.29, 0.717) is 0 Å². The number of carbonyl (C=O) groups is 1. The Balaban J connectivity index is 2.19. The van der Waals surface area contributed by atoms with Gasteiger partial charge < -0.3 is 5.11 Å². The monoisotopic (exact) mass is 261 g/mol. The third kappa shape index (κ3) is 3.16. The number of likely N-dealkylation sites (tertiary alicyclic amines) is 1. The number of piperidine rings is 1. The fourth-order valence-corrected chi connectivity index (χ4v) is 2.87. The molecule has 19 heavy (non-hydrogen) atoms. The maximum Gasteiger partial charge on any atom is 0.320 e. The maximum absolute atomic E-state index is 11.3. The molecule has 1 fully saturated rings. The molecule has 1 heterocycles. The molecule has 0 spiro atoms. The van der Waals surface area contributed by atoms with Gasteiger partial charge in [0.15, 0.2) is 0 Å². The summed E-state index contributed by atoms with van der Waals surface area (Å²) in [5.41, 5.74) is 5.10. The van der Waals surface area contributed by atoms with Crippen LogP contribution in [0.25, 0.3) is 0 Å². The molecule has 0 amide bonds. The van der Waals surface area contributed by atoms with Crippen LogP contribution >= 0.6 is 0 Å². The molecule has 0 saturated carbocycles. The van der Waals surface area contributed by atoms with Crippen LogP contribution in [0.15, 0.2) is 12.1 Å². The Hall–Kier alpha value is -1.35. The first kappa shape index (κ1) is 14.1. The quantitative estimate of drug-likeness (QED) is 0.909. The van der Waals surface area contributed by atoms with Gasteiger partial charge in [-0.05, 0) is 62.4 Å². The van der Waals surface area contributed by atoms with Crippen molar-refractivity contribution in [3.05, 3.63) is 34.4 Å². The fraction of sp³-hybridized carbons (Fsp3) is 0.562. The number of hydrogen-bond donors (Lipinski definition) is 1. The van der Waals surface area contributed by atoms with Crippen molar-refractivity contribution in [3.8, 4) is 0 Å². The highest BCUT2D eigenvalue weighted by Crippen LogP contribution is 2.23. The van der Waals surface area contributed by atoms with Gasteiger partial charge in [0, 0.05) is 6.54 Å². The zero-order valence-corrected chi connectivity index (χ0v) is 12.1. The first-order valence-electron chi connectivity index (χ1n) is 7.02. The first-order chi connectivity index (χ1) is 8.99. The summed E-state index contributed by atoms with van der Waals surface area (Å²) in [6.45, 7) is 7.99. The third-order valence-electron chi connectivity index (χ3n) is 4.22. The van der Waals surface area contributed by atoms with Gasteiger partial charge in [0.2, 0.25) is 0 Å². The Morgan fingerprint density at radius 2 is 1.89 bits per heavy atom. The topological polar surface area (TPSA) is 40.5 Å². The second-order valence-corrected chi connectivity index (χ2v) is 5.68. The van der Waals surface area contributed by atoms with Crippen molar-refractivity contribution in [1.29, 1.82) is 0 Å². The van der Waals surface area contributed by atoms with Crippen molar-refractivity contribution < 1.29 is 9.90 Å². The molecule has 1 aliphatic heterocycles. The molecule has 104 valence electrons. The van der Waals surface area contributed by atoms with Crippen LogP contribution in [-0.2, 0) is 11.3 Å². The Morgan fingerprint density at radius 3 is 2.58 bits per heavy atom. The second kappa shape index (κ2) is 5.74. The van der Waals surface area contributed by atoms with E-state index in [-0.39, 0.29) is 6.04 Å². The number of aliphatic carboxylic acids is 1. The number of benzene rings is 1. The van der Waals surface area contributed by atoms with Crippen molar-refractivity contribution in [1.82, 2.24) is 4.90 Å². The van der Waals surface area contributed by atoms with Gasteiger partial charge in [-0.3, -0.25) is 9.69 Å². The SMILES string of the molecule is Cc1cc(C)c(CN2CCCCC2C(=O)O)cc1C. The minimum Gasteiger partial charge on any atom is -0.480 e. The average molecular weight is 261 g/mol. The molecule has 1 aliphatic rings. The molecule has 0 radical (unpaired) electrons. The Kier molecular flexibility index (Phi) is 4.25. The van der Waals surface area contributed by atoms with Gasteiger partial charge in [-0.2, -0.15) is 0 Å². The summed E-state index contributed by atoms with van der Waals surface area (Å²) in [6.07, 6.45) is 2.91. The number of nitrogens with zero attached hydrogens (tertiary/aromatic N) is 1. The number of aryl methyl sites for hydroxylation is 3. The van der Waals surface area contributed by atoms with Crippen LogP contribution in [0.4, 0.5) is 0 Å². The molecule has 1 saturated heterocycles. The Bertz CT molecular complexity index is 482. The zero-order chi connectivity index (χ0) is 14.0. The smallest absolute Gasteiger partial charge is 0.320 e. The van der Waals surface area contributed by atoms with E-state index >= 15 is 0 Å². The fourth-order valence-electron chi connectivity index (χ4n) is 2.87. The molecule has 3 nitrogen and oxygen atoms in total. The Morgan fingerprint density at radius 1 is 1.21 bits per heavy atom. The van der Waals surface area contributed by atoms with E-state index in [9.17, 15) is 9.90 Å². The molecule has 1 aromatic carbocycles. The van der Waals surface area contributed by atoms with Gasteiger partial charge in [-0.15, -0.1) is 0 Å². The predicted molar refractivity (Wildman–Crippen MR) is 76.3 cm³/mol. The van der Waals surface area contributed by atoms with E-state index in [4.69, 9.17) is 0 Å². The van der Waals surface area contributed by atoms with E-state index in [1.807, 2.05) is 0 Å². The number of carboxylic acids is 1. The molecule has 1 N–H and O–H groups in total. The largest absolute Gasteiger partial charge is 0.480 e. The van der Waals surface area contributed by atoms with Gasteiger partial charge in [0.05, 0.1) is 0 Å².